The molecule has 8 heteroatoms. The Kier molecular flexibility index (Phi) is 7.17. The second-order valence-electron chi connectivity index (χ2n) is 6.83. The van der Waals surface area contributed by atoms with E-state index in [1.807, 2.05) is 0 Å². The van der Waals surface area contributed by atoms with Gasteiger partial charge in [-0.25, -0.2) is 4.39 Å². The summed E-state index contributed by atoms with van der Waals surface area (Å²) in [4.78, 5) is 16.9. The van der Waals surface area contributed by atoms with Crippen LogP contribution in [0.5, 0.6) is 11.5 Å². The third-order valence-corrected chi connectivity index (χ3v) is 5.19. The minimum Gasteiger partial charge on any atom is -0.495 e. The number of hydrogen-bond acceptors (Lipinski definition) is 5. The van der Waals surface area contributed by atoms with Crippen molar-refractivity contribution in [2.75, 3.05) is 57.2 Å². The predicted octanol–water partition coefficient (Wildman–Crippen LogP) is 3.65. The van der Waals surface area contributed by atoms with Crippen molar-refractivity contribution in [3.05, 3.63) is 47.2 Å². The summed E-state index contributed by atoms with van der Waals surface area (Å²) >= 11 is 6.11. The van der Waals surface area contributed by atoms with Crippen molar-refractivity contribution >= 4 is 28.9 Å². The first-order valence-electron chi connectivity index (χ1n) is 9.44. The number of amides is 1. The Morgan fingerprint density at radius 2 is 1.79 bits per heavy atom. The van der Waals surface area contributed by atoms with Crippen molar-refractivity contribution in [3.8, 4) is 11.5 Å². The molecule has 0 unspecified atom stereocenters. The number of carbonyl (C=O) groups is 1. The molecule has 0 aliphatic carbocycles. The van der Waals surface area contributed by atoms with E-state index in [9.17, 15) is 9.18 Å². The van der Waals surface area contributed by atoms with Gasteiger partial charge in [0.25, 0.3) is 0 Å². The van der Waals surface area contributed by atoms with E-state index >= 15 is 0 Å². The highest BCUT2D eigenvalue weighted by Gasteiger charge is 2.19. The normalized spacial score (nSPS) is 15.0. The number of halogens is 2. The average Bonchev–Trinajstić information content (AvgIpc) is 2.95. The minimum atomic E-state index is -0.240. The zero-order valence-corrected chi connectivity index (χ0v) is 17.3. The van der Waals surface area contributed by atoms with Crippen molar-refractivity contribution in [1.82, 2.24) is 4.90 Å². The molecule has 2 aromatic carbocycles. The van der Waals surface area contributed by atoms with E-state index in [0.717, 1.165) is 38.3 Å². The Labute approximate surface area is 175 Å². The van der Waals surface area contributed by atoms with Crippen molar-refractivity contribution in [2.24, 2.45) is 0 Å². The van der Waals surface area contributed by atoms with Gasteiger partial charge in [0, 0.05) is 44.0 Å². The smallest absolute Gasteiger partial charge is 0.238 e. The largest absolute Gasteiger partial charge is 0.495 e. The highest BCUT2D eigenvalue weighted by Crippen LogP contribution is 2.35. The molecule has 1 fully saturated rings. The van der Waals surface area contributed by atoms with Gasteiger partial charge in [-0.05, 0) is 30.7 Å². The molecule has 29 heavy (non-hydrogen) atoms. The Morgan fingerprint density at radius 1 is 1.07 bits per heavy atom. The third-order valence-electron chi connectivity index (χ3n) is 4.90. The second-order valence-corrected chi connectivity index (χ2v) is 7.24. The number of anilines is 2. The lowest BCUT2D eigenvalue weighted by molar-refractivity contribution is -0.117. The maximum Gasteiger partial charge on any atom is 0.238 e. The molecule has 156 valence electrons. The molecular weight excluding hydrogens is 397 g/mol. The van der Waals surface area contributed by atoms with E-state index in [4.69, 9.17) is 21.1 Å². The maximum absolute atomic E-state index is 13.1. The number of carbonyl (C=O) groups excluding carboxylic acids is 1. The van der Waals surface area contributed by atoms with Crippen LogP contribution in [0.2, 0.25) is 5.02 Å². The third kappa shape index (κ3) is 5.52. The van der Waals surface area contributed by atoms with Crippen LogP contribution < -0.4 is 19.7 Å². The van der Waals surface area contributed by atoms with Crippen LogP contribution in [0, 0.1) is 5.82 Å². The van der Waals surface area contributed by atoms with Gasteiger partial charge in [0.2, 0.25) is 5.91 Å². The quantitative estimate of drug-likeness (QED) is 0.771. The molecule has 3 rings (SSSR count). The fraction of sp³-hybridized carbons (Fsp3) is 0.381. The van der Waals surface area contributed by atoms with Crippen LogP contribution in [0.15, 0.2) is 36.4 Å². The summed E-state index contributed by atoms with van der Waals surface area (Å²) in [5.74, 6) is 0.564. The van der Waals surface area contributed by atoms with E-state index in [1.54, 1.807) is 24.3 Å². The van der Waals surface area contributed by atoms with Crippen molar-refractivity contribution < 1.29 is 18.7 Å². The fourth-order valence-corrected chi connectivity index (χ4v) is 3.62. The molecule has 1 aliphatic rings. The van der Waals surface area contributed by atoms with E-state index in [2.05, 4.69) is 15.1 Å². The van der Waals surface area contributed by atoms with Gasteiger partial charge in [-0.3, -0.25) is 9.69 Å². The van der Waals surface area contributed by atoms with Gasteiger partial charge in [-0.15, -0.1) is 0 Å². The zero-order valence-electron chi connectivity index (χ0n) is 16.6. The molecule has 0 aromatic heterocycles. The first-order valence-corrected chi connectivity index (χ1v) is 9.82. The number of methoxy groups -OCH3 is 2. The number of benzene rings is 2. The standard InChI is InChI=1S/C21H25ClFN3O3/c1-28-19-13-18(20(29-2)12-17(19)22)24-21(27)14-25-8-3-9-26(11-10-25)16-6-4-15(23)5-7-16/h4-7,12-13H,3,8-11,14H2,1-2H3,(H,24,27). The summed E-state index contributed by atoms with van der Waals surface area (Å²) in [5, 5.41) is 3.29. The number of hydrogen-bond donors (Lipinski definition) is 1. The van der Waals surface area contributed by atoms with Crippen LogP contribution >= 0.6 is 11.6 Å². The number of ether oxygens (including phenoxy) is 2. The van der Waals surface area contributed by atoms with Gasteiger partial charge in [0.05, 0.1) is 31.5 Å². The van der Waals surface area contributed by atoms with Gasteiger partial charge in [-0.2, -0.15) is 0 Å². The lowest BCUT2D eigenvalue weighted by atomic mass is 10.2. The monoisotopic (exact) mass is 421 g/mol. The molecule has 1 N–H and O–H groups in total. The summed E-state index contributed by atoms with van der Waals surface area (Å²) < 4.78 is 23.7. The van der Waals surface area contributed by atoms with E-state index in [0.29, 0.717) is 22.2 Å². The molecule has 1 amide bonds. The van der Waals surface area contributed by atoms with E-state index in [-0.39, 0.29) is 18.3 Å². The molecule has 1 heterocycles. The fourth-order valence-electron chi connectivity index (χ4n) is 3.39. The number of nitrogens with zero attached hydrogens (tertiary/aromatic N) is 2. The predicted molar refractivity (Wildman–Crippen MR) is 113 cm³/mol. The Morgan fingerprint density at radius 3 is 2.48 bits per heavy atom. The van der Waals surface area contributed by atoms with Crippen LogP contribution in [0.4, 0.5) is 15.8 Å². The molecule has 1 saturated heterocycles. The molecule has 0 saturated carbocycles. The van der Waals surface area contributed by atoms with Crippen molar-refractivity contribution in [2.45, 2.75) is 6.42 Å². The zero-order chi connectivity index (χ0) is 20.8. The van der Waals surface area contributed by atoms with Gasteiger partial charge < -0.3 is 19.7 Å². The summed E-state index contributed by atoms with van der Waals surface area (Å²) in [5.41, 5.74) is 1.51. The lowest BCUT2D eigenvalue weighted by Crippen LogP contribution is -2.36. The molecule has 0 radical (unpaired) electrons. The summed E-state index contributed by atoms with van der Waals surface area (Å²) in [6.45, 7) is 3.46. The highest BCUT2D eigenvalue weighted by atomic mass is 35.5. The van der Waals surface area contributed by atoms with E-state index < -0.39 is 0 Å². The number of nitrogens with one attached hydrogen (secondary N) is 1. The van der Waals surface area contributed by atoms with Crippen LogP contribution in [0.25, 0.3) is 0 Å². The topological polar surface area (TPSA) is 54.0 Å². The van der Waals surface area contributed by atoms with Crippen LogP contribution in [0.1, 0.15) is 6.42 Å². The molecule has 6 nitrogen and oxygen atoms in total. The van der Waals surface area contributed by atoms with Crippen LogP contribution in [-0.2, 0) is 4.79 Å². The van der Waals surface area contributed by atoms with Crippen LogP contribution in [-0.4, -0.2) is 57.8 Å². The Bertz CT molecular complexity index is 848. The summed E-state index contributed by atoms with van der Waals surface area (Å²) in [6.07, 6.45) is 0.919. The molecular formula is C21H25ClFN3O3. The molecule has 2 aromatic rings. The van der Waals surface area contributed by atoms with Gasteiger partial charge in [0.1, 0.15) is 17.3 Å². The van der Waals surface area contributed by atoms with Crippen molar-refractivity contribution in [1.29, 1.82) is 0 Å². The molecule has 0 atom stereocenters. The lowest BCUT2D eigenvalue weighted by Gasteiger charge is -2.23. The Hall–Kier alpha value is -2.51. The summed E-state index contributed by atoms with van der Waals surface area (Å²) in [7, 11) is 3.04. The highest BCUT2D eigenvalue weighted by molar-refractivity contribution is 6.32. The minimum absolute atomic E-state index is 0.136. The van der Waals surface area contributed by atoms with Gasteiger partial charge >= 0.3 is 0 Å². The molecule has 1 aliphatic heterocycles. The first kappa shape index (κ1) is 21.2. The number of rotatable bonds is 6. The second kappa shape index (κ2) is 9.80. The van der Waals surface area contributed by atoms with E-state index in [1.165, 1.54) is 26.4 Å². The maximum atomic E-state index is 13.1. The first-order chi connectivity index (χ1) is 14.0. The summed E-state index contributed by atoms with van der Waals surface area (Å²) in [6, 6.07) is 9.79. The van der Waals surface area contributed by atoms with Crippen LogP contribution in [0.3, 0.4) is 0 Å². The van der Waals surface area contributed by atoms with Crippen molar-refractivity contribution in [3.63, 3.8) is 0 Å². The SMILES string of the molecule is COc1cc(NC(=O)CN2CCCN(c3ccc(F)cc3)CC2)c(OC)cc1Cl. The van der Waals surface area contributed by atoms with Gasteiger partial charge in [0.15, 0.2) is 0 Å². The Balaban J connectivity index is 1.59. The van der Waals surface area contributed by atoms with Gasteiger partial charge in [-0.1, -0.05) is 11.6 Å². The molecule has 0 bridgehead atoms. The average molecular weight is 422 g/mol. The molecule has 0 spiro atoms.